The second-order valence-corrected chi connectivity index (χ2v) is 6.62. The lowest BCUT2D eigenvalue weighted by Crippen LogP contribution is -2.50. The minimum Gasteiger partial charge on any atom is -0.423 e. The lowest BCUT2D eigenvalue weighted by atomic mass is 10.0. The van der Waals surface area contributed by atoms with Crippen LogP contribution in [-0.4, -0.2) is 47.5 Å². The number of benzene rings is 1. The van der Waals surface area contributed by atoms with Gasteiger partial charge in [-0.1, -0.05) is 0 Å². The Morgan fingerprint density at radius 3 is 2.79 bits per heavy atom. The second kappa shape index (κ2) is 6.05. The third-order valence-corrected chi connectivity index (χ3v) is 5.16. The van der Waals surface area contributed by atoms with Crippen LogP contribution < -0.4 is 10.6 Å². The zero-order valence-corrected chi connectivity index (χ0v) is 13.4. The number of rotatable bonds is 3. The molecule has 24 heavy (non-hydrogen) atoms. The lowest BCUT2D eigenvalue weighted by Gasteiger charge is -2.38. The fourth-order valence-corrected chi connectivity index (χ4v) is 3.94. The summed E-state index contributed by atoms with van der Waals surface area (Å²) in [5.41, 5.74) is 6.66. The minimum absolute atomic E-state index is 0.117. The molecule has 1 aromatic heterocycles. The maximum Gasteiger partial charge on any atom is 0.298 e. The van der Waals surface area contributed by atoms with E-state index >= 15 is 0 Å². The molecule has 0 saturated carbocycles. The zero-order valence-electron chi connectivity index (χ0n) is 13.4. The fraction of sp³-hybridized carbons (Fsp3) is 0.529. The lowest BCUT2D eigenvalue weighted by molar-refractivity contribution is -0.123. The summed E-state index contributed by atoms with van der Waals surface area (Å²) in [5, 5.41) is 0. The average Bonchev–Trinajstić information content (AvgIpc) is 3.21. The number of primary amides is 1. The molecule has 3 heterocycles. The molecule has 128 valence electrons. The van der Waals surface area contributed by atoms with Gasteiger partial charge in [-0.25, -0.2) is 4.39 Å². The van der Waals surface area contributed by atoms with Crippen molar-refractivity contribution < 1.29 is 13.6 Å². The quantitative estimate of drug-likeness (QED) is 0.929. The maximum atomic E-state index is 13.3. The SMILES string of the molecule is NC(=O)C1CCCN1C1CCN(c2nc3cc(F)ccc3o2)CC1. The summed E-state index contributed by atoms with van der Waals surface area (Å²) >= 11 is 0. The summed E-state index contributed by atoms with van der Waals surface area (Å²) in [4.78, 5) is 20.3. The Labute approximate surface area is 139 Å². The number of amides is 1. The van der Waals surface area contributed by atoms with Crippen LogP contribution in [0, 0.1) is 5.82 Å². The largest absolute Gasteiger partial charge is 0.423 e. The topological polar surface area (TPSA) is 75.6 Å². The normalized spacial score (nSPS) is 23.2. The van der Waals surface area contributed by atoms with Gasteiger partial charge in [0.25, 0.3) is 6.01 Å². The number of hydrogen-bond acceptors (Lipinski definition) is 5. The average molecular weight is 332 g/mol. The Morgan fingerprint density at radius 1 is 1.25 bits per heavy atom. The maximum absolute atomic E-state index is 13.3. The number of carbonyl (C=O) groups excluding carboxylic acids is 1. The number of oxazole rings is 1. The van der Waals surface area contributed by atoms with Crippen molar-refractivity contribution in [1.29, 1.82) is 0 Å². The molecule has 0 aliphatic carbocycles. The molecule has 0 radical (unpaired) electrons. The van der Waals surface area contributed by atoms with Crippen LogP contribution >= 0.6 is 0 Å². The van der Waals surface area contributed by atoms with E-state index in [0.717, 1.165) is 45.3 Å². The van der Waals surface area contributed by atoms with E-state index in [1.807, 2.05) is 0 Å². The molecule has 1 unspecified atom stereocenters. The van der Waals surface area contributed by atoms with E-state index in [4.69, 9.17) is 10.2 Å². The fourth-order valence-electron chi connectivity index (χ4n) is 3.94. The molecule has 1 atom stereocenters. The molecular weight excluding hydrogens is 311 g/mol. The van der Waals surface area contributed by atoms with E-state index in [2.05, 4.69) is 14.8 Å². The second-order valence-electron chi connectivity index (χ2n) is 6.62. The van der Waals surface area contributed by atoms with Crippen molar-refractivity contribution in [3.05, 3.63) is 24.0 Å². The monoisotopic (exact) mass is 332 g/mol. The number of hydrogen-bond donors (Lipinski definition) is 1. The molecular formula is C17H21FN4O2. The molecule has 2 saturated heterocycles. The first-order chi connectivity index (χ1) is 11.6. The predicted molar refractivity (Wildman–Crippen MR) is 88.1 cm³/mol. The van der Waals surface area contributed by atoms with E-state index in [1.165, 1.54) is 12.1 Å². The van der Waals surface area contributed by atoms with Crippen LogP contribution in [0.25, 0.3) is 11.1 Å². The Kier molecular flexibility index (Phi) is 3.88. The number of halogens is 1. The third kappa shape index (κ3) is 2.73. The van der Waals surface area contributed by atoms with Crippen molar-refractivity contribution in [3.63, 3.8) is 0 Å². The summed E-state index contributed by atoms with van der Waals surface area (Å²) in [7, 11) is 0. The Balaban J connectivity index is 1.44. The zero-order chi connectivity index (χ0) is 16.7. The van der Waals surface area contributed by atoms with Gasteiger partial charge in [0.05, 0.1) is 6.04 Å². The summed E-state index contributed by atoms with van der Waals surface area (Å²) in [5.74, 6) is -0.525. The van der Waals surface area contributed by atoms with Gasteiger partial charge < -0.3 is 15.1 Å². The molecule has 6 nitrogen and oxygen atoms in total. The minimum atomic E-state index is -0.312. The van der Waals surface area contributed by atoms with Crippen molar-refractivity contribution in [2.45, 2.75) is 37.8 Å². The summed E-state index contributed by atoms with van der Waals surface area (Å²) in [6.07, 6.45) is 3.78. The van der Waals surface area contributed by atoms with Gasteiger partial charge in [0.2, 0.25) is 5.91 Å². The summed E-state index contributed by atoms with van der Waals surface area (Å²) < 4.78 is 19.0. The first kappa shape index (κ1) is 15.4. The highest BCUT2D eigenvalue weighted by Crippen LogP contribution is 2.29. The Hall–Kier alpha value is -2.15. The van der Waals surface area contributed by atoms with Gasteiger partial charge in [-0.05, 0) is 44.4 Å². The van der Waals surface area contributed by atoms with Crippen molar-refractivity contribution in [1.82, 2.24) is 9.88 Å². The predicted octanol–water partition coefficient (Wildman–Crippen LogP) is 1.89. The molecule has 1 amide bonds. The first-order valence-corrected chi connectivity index (χ1v) is 8.48. The molecule has 2 N–H and O–H groups in total. The van der Waals surface area contributed by atoms with Crippen molar-refractivity contribution in [3.8, 4) is 0 Å². The van der Waals surface area contributed by atoms with E-state index in [1.54, 1.807) is 6.07 Å². The van der Waals surface area contributed by atoms with E-state index in [-0.39, 0.29) is 17.8 Å². The van der Waals surface area contributed by atoms with Gasteiger partial charge in [0.1, 0.15) is 11.3 Å². The van der Waals surface area contributed by atoms with Crippen LogP contribution in [0.3, 0.4) is 0 Å². The molecule has 7 heteroatoms. The first-order valence-electron chi connectivity index (χ1n) is 8.48. The molecule has 4 rings (SSSR count). The molecule has 2 aromatic rings. The molecule has 1 aromatic carbocycles. The number of nitrogens with zero attached hydrogens (tertiary/aromatic N) is 3. The van der Waals surface area contributed by atoms with Gasteiger partial charge in [-0.15, -0.1) is 0 Å². The number of aromatic nitrogens is 1. The van der Waals surface area contributed by atoms with Crippen molar-refractivity contribution >= 4 is 23.0 Å². The molecule has 2 aliphatic rings. The van der Waals surface area contributed by atoms with Crippen molar-refractivity contribution in [2.24, 2.45) is 5.73 Å². The van der Waals surface area contributed by atoms with Crippen LogP contribution in [-0.2, 0) is 4.79 Å². The van der Waals surface area contributed by atoms with Gasteiger partial charge in [0, 0.05) is 25.2 Å². The van der Waals surface area contributed by atoms with Crippen molar-refractivity contribution in [2.75, 3.05) is 24.5 Å². The highest BCUT2D eigenvalue weighted by molar-refractivity contribution is 5.80. The highest BCUT2D eigenvalue weighted by Gasteiger charge is 2.36. The van der Waals surface area contributed by atoms with Crippen LogP contribution in [0.15, 0.2) is 22.6 Å². The van der Waals surface area contributed by atoms with Gasteiger partial charge in [-0.3, -0.25) is 9.69 Å². The molecule has 0 spiro atoms. The molecule has 2 fully saturated rings. The van der Waals surface area contributed by atoms with Crippen LogP contribution in [0.5, 0.6) is 0 Å². The number of anilines is 1. The van der Waals surface area contributed by atoms with E-state index in [0.29, 0.717) is 23.2 Å². The van der Waals surface area contributed by atoms with Gasteiger partial charge >= 0.3 is 0 Å². The Bertz CT molecular complexity index is 754. The summed E-state index contributed by atoms with van der Waals surface area (Å²) in [6.45, 7) is 2.56. The molecule has 2 aliphatic heterocycles. The summed E-state index contributed by atoms with van der Waals surface area (Å²) in [6, 6.07) is 5.17. The van der Waals surface area contributed by atoms with Crippen LogP contribution in [0.4, 0.5) is 10.4 Å². The van der Waals surface area contributed by atoms with E-state index in [9.17, 15) is 9.18 Å². The highest BCUT2D eigenvalue weighted by atomic mass is 19.1. The van der Waals surface area contributed by atoms with E-state index < -0.39 is 0 Å². The smallest absolute Gasteiger partial charge is 0.298 e. The van der Waals surface area contributed by atoms with Gasteiger partial charge in [0.15, 0.2) is 5.58 Å². The number of likely N-dealkylation sites (tertiary alicyclic amines) is 1. The number of nitrogens with two attached hydrogens (primary N) is 1. The third-order valence-electron chi connectivity index (χ3n) is 5.16. The number of piperidine rings is 1. The number of fused-ring (bicyclic) bond motifs is 1. The Morgan fingerprint density at radius 2 is 2.04 bits per heavy atom. The number of carbonyl (C=O) groups is 1. The van der Waals surface area contributed by atoms with Crippen LogP contribution in [0.2, 0.25) is 0 Å². The molecule has 0 bridgehead atoms. The van der Waals surface area contributed by atoms with Gasteiger partial charge in [-0.2, -0.15) is 4.98 Å². The standard InChI is InChI=1S/C17H21FN4O2/c18-11-3-4-15-13(10-11)20-17(24-15)21-8-5-12(6-9-21)22-7-1-2-14(22)16(19)23/h3-4,10,12,14H,1-2,5-9H2,(H2,19,23). The van der Waals surface area contributed by atoms with Crippen LogP contribution in [0.1, 0.15) is 25.7 Å².